The van der Waals surface area contributed by atoms with Gasteiger partial charge in [-0.1, -0.05) is 46.5 Å². The molecule has 0 aromatic heterocycles. The van der Waals surface area contributed by atoms with Gasteiger partial charge in [0.15, 0.2) is 0 Å². The summed E-state index contributed by atoms with van der Waals surface area (Å²) >= 11 is 0. The number of ether oxygens (including phenoxy) is 1. The Kier molecular flexibility index (Phi) is 19.4. The summed E-state index contributed by atoms with van der Waals surface area (Å²) in [6.45, 7) is 27.5. The Bertz CT molecular complexity index is 473. The fourth-order valence-corrected chi connectivity index (χ4v) is 3.27. The fourth-order valence-electron chi connectivity index (χ4n) is 3.27. The van der Waals surface area contributed by atoms with E-state index in [0.717, 1.165) is 18.4 Å². The van der Waals surface area contributed by atoms with Crippen molar-refractivity contribution in [1.29, 1.82) is 0 Å². The summed E-state index contributed by atoms with van der Waals surface area (Å²) in [6.07, 6.45) is 1.73. The maximum Gasteiger partial charge on any atom is 0.0897 e. The van der Waals surface area contributed by atoms with E-state index < -0.39 is 12.2 Å². The summed E-state index contributed by atoms with van der Waals surface area (Å²) in [5, 5.41) is 21.0. The van der Waals surface area contributed by atoms with E-state index in [4.69, 9.17) is 9.84 Å². The van der Waals surface area contributed by atoms with Crippen molar-refractivity contribution in [1.82, 2.24) is 10.2 Å². The third-order valence-corrected chi connectivity index (χ3v) is 5.24. The Hall–Kier alpha value is -0.900. The highest BCUT2D eigenvalue weighted by Crippen LogP contribution is 2.28. The van der Waals surface area contributed by atoms with Crippen LogP contribution in [0.15, 0.2) is 13.2 Å². The van der Waals surface area contributed by atoms with Crippen LogP contribution < -0.4 is 5.32 Å². The Labute approximate surface area is 193 Å². The van der Waals surface area contributed by atoms with E-state index in [1.807, 2.05) is 6.92 Å². The van der Waals surface area contributed by atoms with Crippen LogP contribution in [0, 0.1) is 29.6 Å². The number of piperidine rings is 1. The standard InChI is InChI=1S/C16H29N.C8H19NO3.C2H4/c1-13(2)7-10-16(5,6)17-11-8-15(9-12-17)14(3)4;1-3-9-4-8(11)6-12-5-7(2)10;1-2/h13-15H,8-9,11-12H2,1-6H3;7-11H,3-6H2,1-2H3;1-2H2. The van der Waals surface area contributed by atoms with Crippen molar-refractivity contribution in [2.75, 3.05) is 39.4 Å². The molecular weight excluding hydrogens is 388 g/mol. The molecule has 0 aliphatic carbocycles. The molecule has 0 bridgehead atoms. The van der Waals surface area contributed by atoms with E-state index in [2.05, 4.69) is 76.8 Å². The molecule has 0 aromatic carbocycles. The molecule has 3 N–H and O–H groups in total. The Balaban J connectivity index is 0. The molecule has 0 amide bonds. The minimum atomic E-state index is -0.483. The molecule has 1 saturated heterocycles. The molecule has 184 valence electrons. The summed E-state index contributed by atoms with van der Waals surface area (Å²) in [6, 6.07) is 0. The van der Waals surface area contributed by atoms with Crippen LogP contribution in [0.5, 0.6) is 0 Å². The Morgan fingerprint density at radius 2 is 1.61 bits per heavy atom. The smallest absolute Gasteiger partial charge is 0.0897 e. The van der Waals surface area contributed by atoms with Crippen molar-refractivity contribution < 1.29 is 14.9 Å². The van der Waals surface area contributed by atoms with Gasteiger partial charge in [0.1, 0.15) is 0 Å². The molecule has 0 saturated carbocycles. The summed E-state index contributed by atoms with van der Waals surface area (Å²) in [5.74, 6) is 9.00. The Morgan fingerprint density at radius 1 is 1.06 bits per heavy atom. The van der Waals surface area contributed by atoms with E-state index in [1.165, 1.54) is 25.9 Å². The van der Waals surface area contributed by atoms with Gasteiger partial charge in [-0.2, -0.15) is 0 Å². The fraction of sp³-hybridized carbons (Fsp3) is 0.846. The summed E-state index contributed by atoms with van der Waals surface area (Å²) < 4.78 is 5.01. The van der Waals surface area contributed by atoms with Crippen molar-refractivity contribution in [2.24, 2.45) is 17.8 Å². The number of aliphatic hydroxyl groups excluding tert-OH is 2. The van der Waals surface area contributed by atoms with E-state index in [1.54, 1.807) is 6.92 Å². The first-order chi connectivity index (χ1) is 14.5. The topological polar surface area (TPSA) is 65.0 Å². The maximum atomic E-state index is 9.22. The van der Waals surface area contributed by atoms with E-state index in [-0.39, 0.29) is 18.8 Å². The van der Waals surface area contributed by atoms with Crippen LogP contribution in [0.25, 0.3) is 0 Å². The minimum Gasteiger partial charge on any atom is -0.391 e. The highest BCUT2D eigenvalue weighted by Gasteiger charge is 2.30. The predicted octanol–water partition coefficient (Wildman–Crippen LogP) is 3.95. The molecule has 2 unspecified atom stereocenters. The second kappa shape index (κ2) is 18.7. The van der Waals surface area contributed by atoms with Gasteiger partial charge in [0.05, 0.1) is 31.0 Å². The summed E-state index contributed by atoms with van der Waals surface area (Å²) in [7, 11) is 0. The Morgan fingerprint density at radius 3 is 2.03 bits per heavy atom. The largest absolute Gasteiger partial charge is 0.391 e. The summed E-state index contributed by atoms with van der Waals surface area (Å²) in [5.41, 5.74) is 0.0478. The molecule has 1 rings (SSSR count). The molecule has 0 radical (unpaired) electrons. The van der Waals surface area contributed by atoms with Crippen LogP contribution in [0.4, 0.5) is 0 Å². The lowest BCUT2D eigenvalue weighted by atomic mass is 9.85. The van der Waals surface area contributed by atoms with Crippen molar-refractivity contribution in [3.05, 3.63) is 13.2 Å². The molecular formula is C26H52N2O3. The predicted molar refractivity (Wildman–Crippen MR) is 134 cm³/mol. The van der Waals surface area contributed by atoms with Crippen LogP contribution >= 0.6 is 0 Å². The maximum absolute atomic E-state index is 9.22. The third kappa shape index (κ3) is 17.3. The number of nitrogens with zero attached hydrogens (tertiary/aromatic N) is 1. The average molecular weight is 441 g/mol. The molecule has 1 fully saturated rings. The molecule has 5 nitrogen and oxygen atoms in total. The zero-order chi connectivity index (χ0) is 24.4. The lowest BCUT2D eigenvalue weighted by Crippen LogP contribution is -2.47. The number of likely N-dealkylation sites (tertiary alicyclic amines) is 1. The number of aliphatic hydroxyl groups is 2. The van der Waals surface area contributed by atoms with Gasteiger partial charge >= 0.3 is 0 Å². The van der Waals surface area contributed by atoms with Gasteiger partial charge in [-0.05, 0) is 65.1 Å². The van der Waals surface area contributed by atoms with Gasteiger partial charge < -0.3 is 20.3 Å². The minimum absolute atomic E-state index is 0.0478. The van der Waals surface area contributed by atoms with Gasteiger partial charge in [0.2, 0.25) is 0 Å². The van der Waals surface area contributed by atoms with Crippen molar-refractivity contribution in [3.63, 3.8) is 0 Å². The third-order valence-electron chi connectivity index (χ3n) is 5.24. The second-order valence-corrected chi connectivity index (χ2v) is 9.40. The number of likely N-dealkylation sites (N-methyl/N-ethyl adjacent to an activating group) is 1. The number of hydrogen-bond acceptors (Lipinski definition) is 5. The SMILES string of the molecule is C=C.CC(C)C#CC(C)(C)N1CCC(C(C)C)CC1.CCNCC(O)COCC(C)O. The van der Waals surface area contributed by atoms with Gasteiger partial charge in [0, 0.05) is 12.5 Å². The molecule has 2 atom stereocenters. The molecule has 1 aliphatic heterocycles. The zero-order valence-corrected chi connectivity index (χ0v) is 21.7. The molecule has 0 aromatic rings. The summed E-state index contributed by atoms with van der Waals surface area (Å²) in [4.78, 5) is 2.56. The first-order valence-electron chi connectivity index (χ1n) is 11.9. The van der Waals surface area contributed by atoms with Gasteiger partial charge in [0.25, 0.3) is 0 Å². The number of nitrogens with one attached hydrogen (secondary N) is 1. The average Bonchev–Trinajstić information content (AvgIpc) is 2.72. The van der Waals surface area contributed by atoms with Crippen molar-refractivity contribution in [2.45, 2.75) is 86.0 Å². The van der Waals surface area contributed by atoms with Gasteiger partial charge in [-0.15, -0.1) is 13.2 Å². The van der Waals surface area contributed by atoms with E-state index in [9.17, 15) is 5.11 Å². The lowest BCUT2D eigenvalue weighted by Gasteiger charge is -2.41. The quantitative estimate of drug-likeness (QED) is 0.374. The van der Waals surface area contributed by atoms with E-state index in [0.29, 0.717) is 12.5 Å². The highest BCUT2D eigenvalue weighted by atomic mass is 16.5. The van der Waals surface area contributed by atoms with Crippen LogP contribution in [0.2, 0.25) is 0 Å². The number of hydrogen-bond donors (Lipinski definition) is 3. The van der Waals surface area contributed by atoms with Crippen molar-refractivity contribution >= 4 is 0 Å². The van der Waals surface area contributed by atoms with Crippen LogP contribution in [-0.4, -0.2) is 72.3 Å². The lowest BCUT2D eigenvalue weighted by molar-refractivity contribution is -0.00126. The van der Waals surface area contributed by atoms with Crippen LogP contribution in [-0.2, 0) is 4.74 Å². The molecule has 0 spiro atoms. The monoisotopic (exact) mass is 440 g/mol. The van der Waals surface area contributed by atoms with Crippen LogP contribution in [0.1, 0.15) is 68.2 Å². The van der Waals surface area contributed by atoms with Gasteiger partial charge in [-0.3, -0.25) is 4.90 Å². The van der Waals surface area contributed by atoms with Gasteiger partial charge in [-0.25, -0.2) is 0 Å². The second-order valence-electron chi connectivity index (χ2n) is 9.40. The van der Waals surface area contributed by atoms with E-state index >= 15 is 0 Å². The van der Waals surface area contributed by atoms with Crippen molar-refractivity contribution in [3.8, 4) is 11.8 Å². The molecule has 5 heteroatoms. The normalized spacial score (nSPS) is 17.0. The first kappa shape index (κ1) is 32.3. The zero-order valence-electron chi connectivity index (χ0n) is 21.7. The molecule has 1 heterocycles. The highest BCUT2D eigenvalue weighted by molar-refractivity contribution is 5.16. The molecule has 31 heavy (non-hydrogen) atoms. The first-order valence-corrected chi connectivity index (χ1v) is 11.9. The van der Waals surface area contributed by atoms with Crippen LogP contribution in [0.3, 0.4) is 0 Å². The number of rotatable bonds is 9. The molecule has 1 aliphatic rings.